The first-order valence-corrected chi connectivity index (χ1v) is 7.47. The maximum Gasteiger partial charge on any atom is 0.137 e. The summed E-state index contributed by atoms with van der Waals surface area (Å²) < 4.78 is 1.85. The van der Waals surface area contributed by atoms with Gasteiger partial charge in [-0.3, -0.25) is 0 Å². The van der Waals surface area contributed by atoms with Crippen LogP contribution in [0.15, 0.2) is 72.1 Å². The smallest absolute Gasteiger partial charge is 0.137 e. The van der Waals surface area contributed by atoms with E-state index in [-0.39, 0.29) is 12.4 Å². The van der Waals surface area contributed by atoms with Gasteiger partial charge in [0.05, 0.1) is 6.54 Å². The molecule has 5 heteroatoms. The van der Waals surface area contributed by atoms with Gasteiger partial charge in [-0.15, -0.1) is 24.2 Å². The lowest BCUT2D eigenvalue weighted by Crippen LogP contribution is -2.01. The summed E-state index contributed by atoms with van der Waals surface area (Å²) in [6.45, 7) is 0.762. The fraction of sp³-hybridized carbons (Fsp3) is 0.125. The van der Waals surface area contributed by atoms with E-state index in [1.165, 1.54) is 16.0 Å². The largest absolute Gasteiger partial charge is 0.249 e. The number of aromatic nitrogens is 3. The topological polar surface area (TPSA) is 30.7 Å². The van der Waals surface area contributed by atoms with Gasteiger partial charge in [0.15, 0.2) is 0 Å². The quantitative estimate of drug-likeness (QED) is 0.665. The second-order valence-corrected chi connectivity index (χ2v) is 5.49. The van der Waals surface area contributed by atoms with Crippen LogP contribution in [0.5, 0.6) is 0 Å². The molecular formula is C16H16ClN3S. The molecule has 2 aromatic carbocycles. The summed E-state index contributed by atoms with van der Waals surface area (Å²) in [5, 5.41) is 4.17. The first-order chi connectivity index (χ1) is 9.92. The van der Waals surface area contributed by atoms with E-state index in [1.807, 2.05) is 22.5 Å². The molecule has 3 aromatic rings. The maximum atomic E-state index is 4.17. The third kappa shape index (κ3) is 4.34. The van der Waals surface area contributed by atoms with E-state index in [4.69, 9.17) is 0 Å². The second kappa shape index (κ2) is 7.86. The summed E-state index contributed by atoms with van der Waals surface area (Å²) >= 11 is 1.86. The van der Waals surface area contributed by atoms with E-state index in [0.717, 1.165) is 12.3 Å². The summed E-state index contributed by atoms with van der Waals surface area (Å²) in [7, 11) is 0. The molecule has 0 aliphatic carbocycles. The Morgan fingerprint density at radius 1 is 0.952 bits per heavy atom. The van der Waals surface area contributed by atoms with Crippen LogP contribution in [-0.4, -0.2) is 14.8 Å². The number of benzene rings is 2. The van der Waals surface area contributed by atoms with Crippen molar-refractivity contribution in [3.63, 3.8) is 0 Å². The first-order valence-electron chi connectivity index (χ1n) is 6.49. The molecule has 0 aliphatic rings. The van der Waals surface area contributed by atoms with Crippen molar-refractivity contribution in [2.45, 2.75) is 17.2 Å². The van der Waals surface area contributed by atoms with Crippen LogP contribution in [0.4, 0.5) is 0 Å². The van der Waals surface area contributed by atoms with E-state index in [0.29, 0.717) is 0 Å². The Hall–Kier alpha value is -1.78. The summed E-state index contributed by atoms with van der Waals surface area (Å²) in [4.78, 5) is 5.28. The molecule has 3 rings (SSSR count). The van der Waals surface area contributed by atoms with Crippen molar-refractivity contribution in [1.82, 2.24) is 14.8 Å². The maximum absolute atomic E-state index is 4.17. The predicted molar refractivity (Wildman–Crippen MR) is 88.8 cm³/mol. The molecule has 108 valence electrons. The summed E-state index contributed by atoms with van der Waals surface area (Å²) in [6, 6.07) is 19.0. The number of hydrogen-bond acceptors (Lipinski definition) is 3. The van der Waals surface area contributed by atoms with Gasteiger partial charge in [-0.25, -0.2) is 9.67 Å². The highest BCUT2D eigenvalue weighted by molar-refractivity contribution is 7.98. The van der Waals surface area contributed by atoms with Crippen molar-refractivity contribution in [3.8, 4) is 0 Å². The number of nitrogens with zero attached hydrogens (tertiary/aromatic N) is 3. The predicted octanol–water partition coefficient (Wildman–Crippen LogP) is 4.04. The highest BCUT2D eigenvalue weighted by Gasteiger charge is 2.04. The number of rotatable bonds is 5. The molecule has 1 heterocycles. The van der Waals surface area contributed by atoms with E-state index in [1.54, 1.807) is 12.7 Å². The molecule has 0 bridgehead atoms. The van der Waals surface area contributed by atoms with Crippen molar-refractivity contribution in [3.05, 3.63) is 78.4 Å². The lowest BCUT2D eigenvalue weighted by atomic mass is 10.2. The number of thioether (sulfide) groups is 1. The highest BCUT2D eigenvalue weighted by atomic mass is 35.5. The highest BCUT2D eigenvalue weighted by Crippen LogP contribution is 2.26. The van der Waals surface area contributed by atoms with Gasteiger partial charge < -0.3 is 0 Å². The minimum atomic E-state index is 0. The molecule has 0 amide bonds. The molecule has 21 heavy (non-hydrogen) atoms. The van der Waals surface area contributed by atoms with E-state index < -0.39 is 0 Å². The van der Waals surface area contributed by atoms with Crippen LogP contribution in [0.3, 0.4) is 0 Å². The Labute approximate surface area is 134 Å². The Morgan fingerprint density at radius 3 is 2.48 bits per heavy atom. The Kier molecular flexibility index (Phi) is 5.84. The zero-order valence-corrected chi connectivity index (χ0v) is 13.1. The van der Waals surface area contributed by atoms with Crippen LogP contribution in [0.2, 0.25) is 0 Å². The molecule has 0 saturated carbocycles. The molecule has 0 atom stereocenters. The molecule has 1 aromatic heterocycles. The standard InChI is InChI=1S/C16H15N3S.ClH/c1-2-6-14(7-3-1)11-20-16-9-5-4-8-15(16)10-19-13-17-12-18-19;/h1-9,12-13H,10-11H2;1H. The van der Waals surface area contributed by atoms with E-state index in [2.05, 4.69) is 58.6 Å². The van der Waals surface area contributed by atoms with Gasteiger partial charge in [0.25, 0.3) is 0 Å². The van der Waals surface area contributed by atoms with Crippen molar-refractivity contribution in [2.24, 2.45) is 0 Å². The van der Waals surface area contributed by atoms with E-state index >= 15 is 0 Å². The molecule has 0 N–H and O–H groups in total. The fourth-order valence-electron chi connectivity index (χ4n) is 2.00. The van der Waals surface area contributed by atoms with Crippen LogP contribution in [0, 0.1) is 0 Å². The zero-order valence-electron chi connectivity index (χ0n) is 11.4. The zero-order chi connectivity index (χ0) is 13.6. The first kappa shape index (κ1) is 15.6. The normalized spacial score (nSPS) is 10.1. The average molecular weight is 318 g/mol. The van der Waals surface area contributed by atoms with E-state index in [9.17, 15) is 0 Å². The average Bonchev–Trinajstić information content (AvgIpc) is 3.00. The van der Waals surface area contributed by atoms with Crippen LogP contribution >= 0.6 is 24.2 Å². The summed E-state index contributed by atoms with van der Waals surface area (Å²) in [5.74, 6) is 0.981. The van der Waals surface area contributed by atoms with Crippen LogP contribution in [-0.2, 0) is 12.3 Å². The SMILES string of the molecule is Cl.c1ccc(CSc2ccccc2Cn2cncn2)cc1. The lowest BCUT2D eigenvalue weighted by Gasteiger charge is -2.09. The minimum absolute atomic E-state index is 0. The lowest BCUT2D eigenvalue weighted by molar-refractivity contribution is 0.677. The fourth-order valence-corrected chi connectivity index (χ4v) is 3.01. The molecule has 0 aliphatic heterocycles. The van der Waals surface area contributed by atoms with Crippen molar-refractivity contribution >= 4 is 24.2 Å². The summed E-state index contributed by atoms with van der Waals surface area (Å²) in [5.41, 5.74) is 2.62. The molecule has 0 saturated heterocycles. The Bertz CT molecular complexity index is 656. The van der Waals surface area contributed by atoms with Gasteiger partial charge in [-0.2, -0.15) is 5.10 Å². The van der Waals surface area contributed by atoms with Gasteiger partial charge >= 0.3 is 0 Å². The Balaban J connectivity index is 0.00000161. The van der Waals surface area contributed by atoms with Crippen LogP contribution < -0.4 is 0 Å². The molecule has 3 nitrogen and oxygen atoms in total. The second-order valence-electron chi connectivity index (χ2n) is 4.48. The van der Waals surface area contributed by atoms with Gasteiger partial charge in [0.2, 0.25) is 0 Å². The third-order valence-electron chi connectivity index (χ3n) is 3.01. The molecule has 0 spiro atoms. The van der Waals surface area contributed by atoms with Crippen molar-refractivity contribution in [2.75, 3.05) is 0 Å². The van der Waals surface area contributed by atoms with Crippen LogP contribution in [0.1, 0.15) is 11.1 Å². The molecule has 0 fully saturated rings. The van der Waals surface area contributed by atoms with Crippen molar-refractivity contribution < 1.29 is 0 Å². The Morgan fingerprint density at radius 2 is 1.71 bits per heavy atom. The van der Waals surface area contributed by atoms with Crippen LogP contribution in [0.25, 0.3) is 0 Å². The molecular weight excluding hydrogens is 302 g/mol. The summed E-state index contributed by atoms with van der Waals surface area (Å²) in [6.07, 6.45) is 3.32. The molecule has 0 unspecified atom stereocenters. The van der Waals surface area contributed by atoms with Crippen molar-refractivity contribution in [1.29, 1.82) is 0 Å². The number of hydrogen-bond donors (Lipinski definition) is 0. The van der Waals surface area contributed by atoms with Gasteiger partial charge in [0.1, 0.15) is 12.7 Å². The van der Waals surface area contributed by atoms with Gasteiger partial charge in [0, 0.05) is 10.6 Å². The minimum Gasteiger partial charge on any atom is -0.249 e. The number of halogens is 1. The van der Waals surface area contributed by atoms with Gasteiger partial charge in [-0.05, 0) is 17.2 Å². The third-order valence-corrected chi connectivity index (χ3v) is 4.20. The molecule has 0 radical (unpaired) electrons. The monoisotopic (exact) mass is 317 g/mol. The van der Waals surface area contributed by atoms with Gasteiger partial charge in [-0.1, -0.05) is 48.5 Å².